The van der Waals surface area contributed by atoms with Gasteiger partial charge in [0.05, 0.1) is 6.61 Å². The Labute approximate surface area is 215 Å². The van der Waals surface area contributed by atoms with Crippen molar-refractivity contribution in [2.45, 2.75) is 129 Å². The third-order valence-electron chi connectivity index (χ3n) is 7.84. The molecule has 3 nitrogen and oxygen atoms in total. The molecule has 3 rings (SSSR count). The average molecular weight is 479 g/mol. The molecule has 1 aliphatic carbocycles. The summed E-state index contributed by atoms with van der Waals surface area (Å²) in [6, 6.07) is 8.28. The maximum Gasteiger partial charge on any atom is 0.159 e. The first-order valence-corrected chi connectivity index (χ1v) is 14.8. The Morgan fingerprint density at radius 3 is 1.86 bits per heavy atom. The lowest BCUT2D eigenvalue weighted by Crippen LogP contribution is -2.13. The molecule has 0 radical (unpaired) electrons. The van der Waals surface area contributed by atoms with Crippen molar-refractivity contribution in [3.8, 4) is 17.1 Å². The summed E-state index contributed by atoms with van der Waals surface area (Å²) in [5.74, 6) is 3.34. The normalized spacial score (nSPS) is 18.0. The molecule has 1 aliphatic rings. The van der Waals surface area contributed by atoms with E-state index >= 15 is 0 Å². The van der Waals surface area contributed by atoms with Gasteiger partial charge in [-0.25, -0.2) is 9.97 Å². The molecule has 35 heavy (non-hydrogen) atoms. The van der Waals surface area contributed by atoms with Crippen molar-refractivity contribution in [3.05, 3.63) is 42.2 Å². The van der Waals surface area contributed by atoms with Crippen LogP contribution in [-0.2, 0) is 0 Å². The lowest BCUT2D eigenvalue weighted by Gasteiger charge is -2.28. The van der Waals surface area contributed by atoms with Gasteiger partial charge in [-0.2, -0.15) is 0 Å². The van der Waals surface area contributed by atoms with Crippen LogP contribution in [0.15, 0.2) is 36.7 Å². The highest BCUT2D eigenvalue weighted by Crippen LogP contribution is 2.37. The SMILES string of the molecule is CCCCCCCCCCCCOc1ccc(-c2ncc([C@H]3CC[C@H](CCCC)CC3)cn2)cc1. The summed E-state index contributed by atoms with van der Waals surface area (Å²) in [5.41, 5.74) is 2.38. The summed E-state index contributed by atoms with van der Waals surface area (Å²) in [6.45, 7) is 5.38. The maximum absolute atomic E-state index is 5.96. The largest absolute Gasteiger partial charge is 0.494 e. The summed E-state index contributed by atoms with van der Waals surface area (Å²) in [7, 11) is 0. The summed E-state index contributed by atoms with van der Waals surface area (Å²) >= 11 is 0. The van der Waals surface area contributed by atoms with Crippen molar-refractivity contribution >= 4 is 0 Å². The molecule has 3 heteroatoms. The van der Waals surface area contributed by atoms with E-state index in [1.54, 1.807) is 0 Å². The highest BCUT2D eigenvalue weighted by atomic mass is 16.5. The van der Waals surface area contributed by atoms with Crippen molar-refractivity contribution < 1.29 is 4.74 Å². The Bertz CT molecular complexity index is 778. The topological polar surface area (TPSA) is 35.0 Å². The monoisotopic (exact) mass is 478 g/mol. The van der Waals surface area contributed by atoms with Gasteiger partial charge >= 0.3 is 0 Å². The van der Waals surface area contributed by atoms with Gasteiger partial charge in [-0.05, 0) is 73.8 Å². The fourth-order valence-electron chi connectivity index (χ4n) is 5.45. The van der Waals surface area contributed by atoms with Gasteiger partial charge < -0.3 is 4.74 Å². The van der Waals surface area contributed by atoms with Crippen LogP contribution >= 0.6 is 0 Å². The molecule has 1 aromatic heterocycles. The molecule has 0 amide bonds. The van der Waals surface area contributed by atoms with Gasteiger partial charge in [-0.3, -0.25) is 0 Å². The Kier molecular flexibility index (Phi) is 13.2. The van der Waals surface area contributed by atoms with Gasteiger partial charge in [0, 0.05) is 18.0 Å². The van der Waals surface area contributed by atoms with Crippen LogP contribution in [0.1, 0.15) is 134 Å². The Morgan fingerprint density at radius 2 is 1.26 bits per heavy atom. The lowest BCUT2D eigenvalue weighted by atomic mass is 9.78. The number of nitrogens with zero attached hydrogens (tertiary/aromatic N) is 2. The van der Waals surface area contributed by atoms with Crippen LogP contribution in [0.3, 0.4) is 0 Å². The third-order valence-corrected chi connectivity index (χ3v) is 7.84. The van der Waals surface area contributed by atoms with Crippen molar-refractivity contribution in [3.63, 3.8) is 0 Å². The smallest absolute Gasteiger partial charge is 0.159 e. The highest BCUT2D eigenvalue weighted by molar-refractivity contribution is 5.56. The highest BCUT2D eigenvalue weighted by Gasteiger charge is 2.22. The van der Waals surface area contributed by atoms with Crippen molar-refractivity contribution in [2.24, 2.45) is 5.92 Å². The molecule has 0 unspecified atom stereocenters. The number of unbranched alkanes of at least 4 members (excludes halogenated alkanes) is 10. The second-order valence-corrected chi connectivity index (χ2v) is 10.8. The van der Waals surface area contributed by atoms with E-state index in [4.69, 9.17) is 14.7 Å². The molecule has 0 saturated heterocycles. The number of benzene rings is 1. The van der Waals surface area contributed by atoms with Gasteiger partial charge in [-0.15, -0.1) is 0 Å². The molecule has 194 valence electrons. The van der Waals surface area contributed by atoms with Crippen LogP contribution in [0, 0.1) is 5.92 Å². The van der Waals surface area contributed by atoms with E-state index in [-0.39, 0.29) is 0 Å². The van der Waals surface area contributed by atoms with Crippen LogP contribution < -0.4 is 4.74 Å². The fourth-order valence-corrected chi connectivity index (χ4v) is 5.45. The number of hydrogen-bond acceptors (Lipinski definition) is 3. The van der Waals surface area contributed by atoms with Crippen LogP contribution in [0.2, 0.25) is 0 Å². The average Bonchev–Trinajstić information content (AvgIpc) is 2.91. The maximum atomic E-state index is 5.96. The van der Waals surface area contributed by atoms with E-state index in [1.807, 2.05) is 0 Å². The standard InChI is InChI=1S/C32H50N2O/c1-3-5-7-8-9-10-11-12-13-14-24-35-31-22-20-29(21-23-31)32-33-25-30(26-34-32)28-18-16-27(17-19-28)15-6-4-2/h20-23,25-28H,3-19,24H2,1-2H3/t27-,28-. The van der Waals surface area contributed by atoms with Crippen LogP contribution in [-0.4, -0.2) is 16.6 Å². The molecule has 0 spiro atoms. The second-order valence-electron chi connectivity index (χ2n) is 10.8. The molecule has 1 saturated carbocycles. The Morgan fingerprint density at radius 1 is 0.686 bits per heavy atom. The molecule has 2 aromatic rings. The van der Waals surface area contributed by atoms with Gasteiger partial charge in [0.2, 0.25) is 0 Å². The number of rotatable bonds is 17. The minimum atomic E-state index is 0.642. The predicted octanol–water partition coefficient (Wildman–Crippen LogP) is 9.91. The van der Waals surface area contributed by atoms with E-state index in [1.165, 1.54) is 108 Å². The second kappa shape index (κ2) is 16.7. The number of ether oxygens (including phenoxy) is 1. The zero-order valence-electron chi connectivity index (χ0n) is 22.6. The van der Waals surface area contributed by atoms with Gasteiger partial charge in [-0.1, -0.05) is 90.9 Å². The molecule has 1 aromatic carbocycles. The van der Waals surface area contributed by atoms with Crippen LogP contribution in [0.5, 0.6) is 5.75 Å². The zero-order chi connectivity index (χ0) is 24.6. The molecular formula is C32H50N2O. The van der Waals surface area contributed by atoms with Crippen molar-refractivity contribution in [2.75, 3.05) is 6.61 Å². The zero-order valence-corrected chi connectivity index (χ0v) is 22.6. The van der Waals surface area contributed by atoms with E-state index in [0.717, 1.165) is 36.1 Å². The number of hydrogen-bond donors (Lipinski definition) is 0. The first-order chi connectivity index (χ1) is 17.3. The van der Waals surface area contributed by atoms with Gasteiger partial charge in [0.1, 0.15) is 5.75 Å². The molecule has 0 N–H and O–H groups in total. The van der Waals surface area contributed by atoms with E-state index in [2.05, 4.69) is 50.5 Å². The van der Waals surface area contributed by atoms with Crippen molar-refractivity contribution in [1.29, 1.82) is 0 Å². The summed E-state index contributed by atoms with van der Waals surface area (Å²) in [5, 5.41) is 0. The molecule has 0 aliphatic heterocycles. The fraction of sp³-hybridized carbons (Fsp3) is 0.688. The predicted molar refractivity (Wildman–Crippen MR) is 149 cm³/mol. The van der Waals surface area contributed by atoms with Gasteiger partial charge in [0.25, 0.3) is 0 Å². The Hall–Kier alpha value is -1.90. The summed E-state index contributed by atoms with van der Waals surface area (Å²) in [6.07, 6.45) is 27.1. The minimum Gasteiger partial charge on any atom is -0.494 e. The quantitative estimate of drug-likeness (QED) is 0.212. The Balaban J connectivity index is 1.31. The molecule has 1 fully saturated rings. The van der Waals surface area contributed by atoms with E-state index in [9.17, 15) is 0 Å². The van der Waals surface area contributed by atoms with Crippen LogP contribution in [0.4, 0.5) is 0 Å². The number of aromatic nitrogens is 2. The van der Waals surface area contributed by atoms with Crippen molar-refractivity contribution in [1.82, 2.24) is 9.97 Å². The van der Waals surface area contributed by atoms with E-state index in [0.29, 0.717) is 5.92 Å². The van der Waals surface area contributed by atoms with Crippen LogP contribution in [0.25, 0.3) is 11.4 Å². The molecular weight excluding hydrogens is 428 g/mol. The minimum absolute atomic E-state index is 0.642. The first-order valence-electron chi connectivity index (χ1n) is 14.8. The summed E-state index contributed by atoms with van der Waals surface area (Å²) < 4.78 is 5.96. The third kappa shape index (κ3) is 10.3. The lowest BCUT2D eigenvalue weighted by molar-refractivity contribution is 0.304. The van der Waals surface area contributed by atoms with Gasteiger partial charge in [0.15, 0.2) is 5.82 Å². The summed E-state index contributed by atoms with van der Waals surface area (Å²) in [4.78, 5) is 9.40. The molecule has 1 heterocycles. The molecule has 0 atom stereocenters. The first kappa shape index (κ1) is 27.7. The van der Waals surface area contributed by atoms with E-state index < -0.39 is 0 Å². The molecule has 0 bridgehead atoms.